The predicted octanol–water partition coefficient (Wildman–Crippen LogP) is 8.83. The Hall–Kier alpha value is -1.90. The molecule has 0 aromatic heterocycles. The van der Waals surface area contributed by atoms with E-state index in [0.717, 1.165) is 25.7 Å². The number of unbranched alkanes of at least 4 members (excludes halogenated alkanes) is 5. The standard InChI is InChI=1S/C31H44O2/c1-5-9-10-11-12-13-21-30(31(8-4,32-22-6-2)33-23-7-3)28-20-16-19-27-26-18-15-14-17-25(26)24-29(27)28/h8,14-20,30H,4-7,9-13,21-24H2,1-3H3. The highest BCUT2D eigenvalue weighted by Gasteiger charge is 2.41. The van der Waals surface area contributed by atoms with E-state index >= 15 is 0 Å². The number of ether oxygens (including phenoxy) is 2. The number of benzene rings is 2. The third-order valence-electron chi connectivity index (χ3n) is 6.94. The molecule has 0 aliphatic heterocycles. The lowest BCUT2D eigenvalue weighted by Crippen LogP contribution is -2.41. The molecule has 0 amide bonds. The molecule has 1 atom stereocenters. The molecule has 1 unspecified atom stereocenters. The van der Waals surface area contributed by atoms with Gasteiger partial charge in [0.05, 0.1) is 13.2 Å². The van der Waals surface area contributed by atoms with Gasteiger partial charge in [0.15, 0.2) is 5.79 Å². The van der Waals surface area contributed by atoms with Gasteiger partial charge in [-0.25, -0.2) is 0 Å². The highest BCUT2D eigenvalue weighted by atomic mass is 16.7. The monoisotopic (exact) mass is 448 g/mol. The molecule has 1 aliphatic rings. The van der Waals surface area contributed by atoms with E-state index in [4.69, 9.17) is 9.47 Å². The summed E-state index contributed by atoms with van der Waals surface area (Å²) in [6, 6.07) is 15.6. The molecule has 3 rings (SSSR count). The van der Waals surface area contributed by atoms with Gasteiger partial charge >= 0.3 is 0 Å². The summed E-state index contributed by atoms with van der Waals surface area (Å²) >= 11 is 0. The Morgan fingerprint density at radius 1 is 0.818 bits per heavy atom. The molecule has 0 N–H and O–H groups in total. The van der Waals surface area contributed by atoms with E-state index < -0.39 is 5.79 Å². The zero-order valence-corrected chi connectivity index (χ0v) is 21.2. The fourth-order valence-corrected chi connectivity index (χ4v) is 5.24. The Morgan fingerprint density at radius 2 is 1.48 bits per heavy atom. The molecule has 33 heavy (non-hydrogen) atoms. The molecule has 1 aliphatic carbocycles. The Morgan fingerprint density at radius 3 is 2.18 bits per heavy atom. The summed E-state index contributed by atoms with van der Waals surface area (Å²) in [7, 11) is 0. The number of hydrogen-bond donors (Lipinski definition) is 0. The molecule has 0 saturated heterocycles. The van der Waals surface area contributed by atoms with Gasteiger partial charge in [0.25, 0.3) is 0 Å². The summed E-state index contributed by atoms with van der Waals surface area (Å²) in [5.41, 5.74) is 7.00. The summed E-state index contributed by atoms with van der Waals surface area (Å²) in [6.45, 7) is 12.2. The average Bonchev–Trinajstić information content (AvgIpc) is 3.24. The van der Waals surface area contributed by atoms with Gasteiger partial charge in [-0.15, -0.1) is 0 Å². The van der Waals surface area contributed by atoms with Gasteiger partial charge in [-0.05, 0) is 59.6 Å². The van der Waals surface area contributed by atoms with Gasteiger partial charge in [-0.3, -0.25) is 0 Å². The molecular weight excluding hydrogens is 404 g/mol. The first kappa shape index (κ1) is 25.7. The predicted molar refractivity (Wildman–Crippen MR) is 141 cm³/mol. The molecule has 180 valence electrons. The van der Waals surface area contributed by atoms with Crippen LogP contribution in [0.5, 0.6) is 0 Å². The smallest absolute Gasteiger partial charge is 0.194 e. The maximum absolute atomic E-state index is 6.54. The summed E-state index contributed by atoms with van der Waals surface area (Å²) in [5.74, 6) is -0.636. The van der Waals surface area contributed by atoms with Gasteiger partial charge in [-0.1, -0.05) is 108 Å². The van der Waals surface area contributed by atoms with E-state index in [1.54, 1.807) is 0 Å². The minimum Gasteiger partial charge on any atom is -0.346 e. The molecule has 2 aromatic carbocycles. The summed E-state index contributed by atoms with van der Waals surface area (Å²) in [4.78, 5) is 0. The first-order chi connectivity index (χ1) is 16.2. The Labute approximate surface area is 202 Å². The first-order valence-electron chi connectivity index (χ1n) is 13.3. The van der Waals surface area contributed by atoms with Crippen molar-refractivity contribution < 1.29 is 9.47 Å². The van der Waals surface area contributed by atoms with Crippen LogP contribution < -0.4 is 0 Å². The third-order valence-corrected chi connectivity index (χ3v) is 6.94. The van der Waals surface area contributed by atoms with Crippen molar-refractivity contribution in [1.29, 1.82) is 0 Å². The molecule has 0 bridgehead atoms. The molecule has 0 radical (unpaired) electrons. The molecule has 0 saturated carbocycles. The molecule has 2 nitrogen and oxygen atoms in total. The second-order valence-corrected chi connectivity index (χ2v) is 9.44. The van der Waals surface area contributed by atoms with Gasteiger partial charge in [0.2, 0.25) is 0 Å². The molecule has 0 heterocycles. The van der Waals surface area contributed by atoms with Crippen LogP contribution in [-0.4, -0.2) is 19.0 Å². The van der Waals surface area contributed by atoms with Crippen LogP contribution in [0.25, 0.3) is 11.1 Å². The second-order valence-electron chi connectivity index (χ2n) is 9.44. The van der Waals surface area contributed by atoms with E-state index in [1.807, 2.05) is 6.08 Å². The Kier molecular flexibility index (Phi) is 10.2. The van der Waals surface area contributed by atoms with Crippen LogP contribution in [0.1, 0.15) is 101 Å². The highest BCUT2D eigenvalue weighted by molar-refractivity contribution is 5.78. The second kappa shape index (κ2) is 13.1. The van der Waals surface area contributed by atoms with Crippen LogP contribution in [0.2, 0.25) is 0 Å². The molecular formula is C31H44O2. The zero-order chi connectivity index (χ0) is 23.5. The van der Waals surface area contributed by atoms with Crippen molar-refractivity contribution in [1.82, 2.24) is 0 Å². The van der Waals surface area contributed by atoms with Crippen molar-refractivity contribution in [2.45, 2.75) is 96.7 Å². The van der Waals surface area contributed by atoms with Crippen molar-refractivity contribution in [2.75, 3.05) is 13.2 Å². The molecule has 2 heteroatoms. The van der Waals surface area contributed by atoms with Crippen LogP contribution in [0.4, 0.5) is 0 Å². The van der Waals surface area contributed by atoms with Crippen molar-refractivity contribution in [3.8, 4) is 11.1 Å². The van der Waals surface area contributed by atoms with E-state index in [9.17, 15) is 0 Å². The van der Waals surface area contributed by atoms with Gasteiger partial charge in [0.1, 0.15) is 0 Å². The van der Waals surface area contributed by atoms with Crippen molar-refractivity contribution in [3.63, 3.8) is 0 Å². The fraction of sp³-hybridized carbons (Fsp3) is 0.548. The lowest BCUT2D eigenvalue weighted by Gasteiger charge is -2.39. The summed E-state index contributed by atoms with van der Waals surface area (Å²) in [5, 5.41) is 0. The van der Waals surface area contributed by atoms with Crippen LogP contribution in [0.3, 0.4) is 0 Å². The van der Waals surface area contributed by atoms with Crippen molar-refractivity contribution in [2.24, 2.45) is 0 Å². The van der Waals surface area contributed by atoms with Crippen LogP contribution in [0.15, 0.2) is 55.1 Å². The van der Waals surface area contributed by atoms with Crippen LogP contribution in [-0.2, 0) is 15.9 Å². The molecule has 0 spiro atoms. The van der Waals surface area contributed by atoms with E-state index in [1.165, 1.54) is 66.3 Å². The van der Waals surface area contributed by atoms with Crippen molar-refractivity contribution >= 4 is 0 Å². The van der Waals surface area contributed by atoms with E-state index in [0.29, 0.717) is 13.2 Å². The Balaban J connectivity index is 1.95. The number of fused-ring (bicyclic) bond motifs is 3. The minimum atomic E-state index is -0.778. The molecule has 0 fully saturated rings. The van der Waals surface area contributed by atoms with Crippen molar-refractivity contribution in [3.05, 3.63) is 71.8 Å². The quantitative estimate of drug-likeness (QED) is 0.124. The lowest BCUT2D eigenvalue weighted by molar-refractivity contribution is -0.219. The largest absolute Gasteiger partial charge is 0.346 e. The van der Waals surface area contributed by atoms with E-state index in [2.05, 4.69) is 69.8 Å². The highest BCUT2D eigenvalue weighted by Crippen LogP contribution is 2.46. The third kappa shape index (κ3) is 6.16. The normalized spacial score (nSPS) is 13.5. The molecule has 2 aromatic rings. The zero-order valence-electron chi connectivity index (χ0n) is 21.2. The topological polar surface area (TPSA) is 18.5 Å². The van der Waals surface area contributed by atoms with Gasteiger partial charge in [0, 0.05) is 5.92 Å². The fourth-order valence-electron chi connectivity index (χ4n) is 5.24. The van der Waals surface area contributed by atoms with Crippen LogP contribution >= 0.6 is 0 Å². The maximum Gasteiger partial charge on any atom is 0.194 e. The van der Waals surface area contributed by atoms with Gasteiger partial charge < -0.3 is 9.47 Å². The first-order valence-corrected chi connectivity index (χ1v) is 13.3. The minimum absolute atomic E-state index is 0.142. The lowest BCUT2D eigenvalue weighted by atomic mass is 9.81. The number of rotatable bonds is 16. The maximum atomic E-state index is 6.54. The Bertz CT molecular complexity index is 861. The summed E-state index contributed by atoms with van der Waals surface area (Å²) < 4.78 is 13.1. The average molecular weight is 449 g/mol. The number of hydrogen-bond acceptors (Lipinski definition) is 2. The van der Waals surface area contributed by atoms with E-state index in [-0.39, 0.29) is 5.92 Å². The van der Waals surface area contributed by atoms with Crippen LogP contribution in [0, 0.1) is 0 Å². The van der Waals surface area contributed by atoms with Gasteiger partial charge in [-0.2, -0.15) is 0 Å². The SMILES string of the molecule is C=CC(OCCC)(OCCC)C(CCCCCCCC)c1cccc2c1Cc1ccccc1-2. The summed E-state index contributed by atoms with van der Waals surface area (Å²) in [6.07, 6.45) is 13.6.